The van der Waals surface area contributed by atoms with Gasteiger partial charge in [-0.15, -0.1) is 0 Å². The normalized spacial score (nSPS) is 29.9. The molecule has 0 aromatic rings. The number of likely N-dealkylation sites (tertiary alicyclic amines) is 1. The number of rotatable bonds is 2. The molecule has 1 saturated heterocycles. The van der Waals surface area contributed by atoms with Crippen LogP contribution in [-0.4, -0.2) is 36.5 Å². The first kappa shape index (κ1) is 10.5. The van der Waals surface area contributed by atoms with Crippen molar-refractivity contribution in [3.8, 4) is 0 Å². The molecule has 0 aliphatic carbocycles. The van der Waals surface area contributed by atoms with Crippen molar-refractivity contribution < 1.29 is 4.79 Å². The lowest BCUT2D eigenvalue weighted by molar-refractivity contribution is -0.139. The second-order valence-corrected chi connectivity index (χ2v) is 4.27. The van der Waals surface area contributed by atoms with Crippen LogP contribution in [0.5, 0.6) is 0 Å². The molecule has 13 heavy (non-hydrogen) atoms. The van der Waals surface area contributed by atoms with Crippen molar-refractivity contribution in [2.75, 3.05) is 13.6 Å². The van der Waals surface area contributed by atoms with Gasteiger partial charge in [-0.2, -0.15) is 0 Å². The van der Waals surface area contributed by atoms with Crippen LogP contribution in [0, 0.1) is 5.92 Å². The van der Waals surface area contributed by atoms with Crippen molar-refractivity contribution in [1.29, 1.82) is 0 Å². The summed E-state index contributed by atoms with van der Waals surface area (Å²) in [5.74, 6) is 0.869. The molecule has 1 N–H and O–H groups in total. The first-order valence-corrected chi connectivity index (χ1v) is 5.04. The van der Waals surface area contributed by atoms with Crippen LogP contribution in [0.25, 0.3) is 0 Å². The molecular formula is C10H20N2O. The Labute approximate surface area is 80.5 Å². The maximum absolute atomic E-state index is 11.8. The second kappa shape index (κ2) is 4.09. The Kier molecular flexibility index (Phi) is 3.31. The van der Waals surface area contributed by atoms with Crippen molar-refractivity contribution >= 4 is 5.91 Å². The number of carbonyl (C=O) groups is 1. The zero-order chi connectivity index (χ0) is 10.0. The summed E-state index contributed by atoms with van der Waals surface area (Å²) in [7, 11) is 1.86. The van der Waals surface area contributed by atoms with Gasteiger partial charge in [-0.1, -0.05) is 6.92 Å². The zero-order valence-corrected chi connectivity index (χ0v) is 9.00. The highest BCUT2D eigenvalue weighted by atomic mass is 16.2. The van der Waals surface area contributed by atoms with Crippen LogP contribution in [-0.2, 0) is 4.79 Å². The van der Waals surface area contributed by atoms with Gasteiger partial charge in [0.2, 0.25) is 5.91 Å². The quantitative estimate of drug-likeness (QED) is 0.690. The highest BCUT2D eigenvalue weighted by Crippen LogP contribution is 2.19. The van der Waals surface area contributed by atoms with Crippen molar-refractivity contribution in [3.05, 3.63) is 0 Å². The topological polar surface area (TPSA) is 32.3 Å². The summed E-state index contributed by atoms with van der Waals surface area (Å²) in [5, 5.41) is 3.08. The summed E-state index contributed by atoms with van der Waals surface area (Å²) in [6.45, 7) is 7.26. The average Bonchev–Trinajstić information content (AvgIpc) is 2.08. The number of hydrogen-bond donors (Lipinski definition) is 1. The molecule has 1 fully saturated rings. The fourth-order valence-corrected chi connectivity index (χ4v) is 1.91. The van der Waals surface area contributed by atoms with E-state index in [9.17, 15) is 4.79 Å². The molecule has 1 amide bonds. The van der Waals surface area contributed by atoms with Gasteiger partial charge in [0, 0.05) is 12.6 Å². The summed E-state index contributed by atoms with van der Waals surface area (Å²) in [4.78, 5) is 13.8. The minimum absolute atomic E-state index is 0.0335. The molecule has 1 heterocycles. The van der Waals surface area contributed by atoms with E-state index in [2.05, 4.69) is 26.1 Å². The summed E-state index contributed by atoms with van der Waals surface area (Å²) >= 11 is 0. The van der Waals surface area contributed by atoms with E-state index in [4.69, 9.17) is 0 Å². The molecule has 0 radical (unpaired) electrons. The summed E-state index contributed by atoms with van der Waals surface area (Å²) in [6, 6.07) is 0.359. The third kappa shape index (κ3) is 2.21. The second-order valence-electron chi connectivity index (χ2n) is 4.27. The molecule has 0 saturated carbocycles. The van der Waals surface area contributed by atoms with Crippen LogP contribution in [0.4, 0.5) is 0 Å². The van der Waals surface area contributed by atoms with E-state index < -0.39 is 0 Å². The lowest BCUT2D eigenvalue weighted by Gasteiger charge is -2.38. The predicted molar refractivity (Wildman–Crippen MR) is 53.5 cm³/mol. The number of hydrogen-bond acceptors (Lipinski definition) is 2. The molecule has 0 bridgehead atoms. The van der Waals surface area contributed by atoms with Gasteiger partial charge in [0.25, 0.3) is 0 Å². The number of nitrogens with zero attached hydrogens (tertiary/aromatic N) is 1. The third-order valence-corrected chi connectivity index (χ3v) is 2.70. The van der Waals surface area contributed by atoms with E-state index in [-0.39, 0.29) is 11.9 Å². The first-order valence-electron chi connectivity index (χ1n) is 5.04. The summed E-state index contributed by atoms with van der Waals surface area (Å²) in [6.07, 6.45) is 0.971. The summed E-state index contributed by atoms with van der Waals surface area (Å²) in [5.41, 5.74) is 0. The van der Waals surface area contributed by atoms with E-state index in [0.717, 1.165) is 13.0 Å². The number of piperidine rings is 1. The van der Waals surface area contributed by atoms with Crippen LogP contribution in [0.1, 0.15) is 27.2 Å². The van der Waals surface area contributed by atoms with Gasteiger partial charge in [-0.3, -0.25) is 4.79 Å². The predicted octanol–water partition coefficient (Wildman–Crippen LogP) is 0.851. The molecule has 3 nitrogen and oxygen atoms in total. The van der Waals surface area contributed by atoms with E-state index >= 15 is 0 Å². The fourth-order valence-electron chi connectivity index (χ4n) is 1.91. The standard InChI is InChI=1S/C10H20N2O/c1-7(2)12-6-8(3)5-9(11-4)10(12)13/h7-9,11H,5-6H2,1-4H3. The molecule has 0 aromatic heterocycles. The molecule has 3 heteroatoms. The van der Waals surface area contributed by atoms with Gasteiger partial charge in [-0.25, -0.2) is 0 Å². The Balaban J connectivity index is 2.69. The highest BCUT2D eigenvalue weighted by Gasteiger charge is 2.32. The van der Waals surface area contributed by atoms with Gasteiger partial charge in [0.1, 0.15) is 0 Å². The number of nitrogens with one attached hydrogen (secondary N) is 1. The van der Waals surface area contributed by atoms with Crippen molar-refractivity contribution in [2.45, 2.75) is 39.3 Å². The SMILES string of the molecule is CNC1CC(C)CN(C(C)C)C1=O. The molecule has 2 atom stereocenters. The molecule has 1 rings (SSSR count). The Hall–Kier alpha value is -0.570. The largest absolute Gasteiger partial charge is 0.339 e. The molecule has 2 unspecified atom stereocenters. The van der Waals surface area contributed by atoms with Gasteiger partial charge in [0.05, 0.1) is 6.04 Å². The van der Waals surface area contributed by atoms with Gasteiger partial charge >= 0.3 is 0 Å². The smallest absolute Gasteiger partial charge is 0.239 e. The zero-order valence-electron chi connectivity index (χ0n) is 9.00. The van der Waals surface area contributed by atoms with Crippen molar-refractivity contribution in [1.82, 2.24) is 10.2 Å². The molecule has 76 valence electrons. The van der Waals surface area contributed by atoms with E-state index in [1.54, 1.807) is 0 Å². The molecule has 0 spiro atoms. The average molecular weight is 184 g/mol. The minimum atomic E-state index is 0.0335. The van der Waals surface area contributed by atoms with Gasteiger partial charge < -0.3 is 10.2 Å². The van der Waals surface area contributed by atoms with Gasteiger partial charge in [0.15, 0.2) is 0 Å². The number of likely N-dealkylation sites (N-methyl/N-ethyl adjacent to an activating group) is 1. The van der Waals surface area contributed by atoms with Crippen LogP contribution in [0.2, 0.25) is 0 Å². The Morgan fingerprint density at radius 3 is 2.62 bits per heavy atom. The van der Waals surface area contributed by atoms with Crippen LogP contribution < -0.4 is 5.32 Å². The van der Waals surface area contributed by atoms with E-state index in [1.807, 2.05) is 11.9 Å². The van der Waals surface area contributed by atoms with Crippen molar-refractivity contribution in [3.63, 3.8) is 0 Å². The van der Waals surface area contributed by atoms with E-state index in [1.165, 1.54) is 0 Å². The Bertz CT molecular complexity index is 191. The van der Waals surface area contributed by atoms with Crippen molar-refractivity contribution in [2.24, 2.45) is 5.92 Å². The monoisotopic (exact) mass is 184 g/mol. The number of amides is 1. The molecule has 1 aliphatic rings. The van der Waals surface area contributed by atoms with Crippen LogP contribution >= 0.6 is 0 Å². The maximum atomic E-state index is 11.8. The Morgan fingerprint density at radius 2 is 2.15 bits per heavy atom. The molecular weight excluding hydrogens is 164 g/mol. The highest BCUT2D eigenvalue weighted by molar-refractivity contribution is 5.82. The maximum Gasteiger partial charge on any atom is 0.239 e. The number of carbonyl (C=O) groups excluding carboxylic acids is 1. The lowest BCUT2D eigenvalue weighted by atomic mass is 9.94. The van der Waals surface area contributed by atoms with Crippen LogP contribution in [0.3, 0.4) is 0 Å². The lowest BCUT2D eigenvalue weighted by Crippen LogP contribution is -2.54. The minimum Gasteiger partial charge on any atom is -0.339 e. The van der Waals surface area contributed by atoms with E-state index in [0.29, 0.717) is 12.0 Å². The Morgan fingerprint density at radius 1 is 1.54 bits per heavy atom. The molecule has 1 aliphatic heterocycles. The fraction of sp³-hybridized carbons (Fsp3) is 0.900. The van der Waals surface area contributed by atoms with Crippen LogP contribution in [0.15, 0.2) is 0 Å². The molecule has 0 aromatic carbocycles. The first-order chi connectivity index (χ1) is 6.06. The van der Waals surface area contributed by atoms with Gasteiger partial charge in [-0.05, 0) is 33.2 Å². The third-order valence-electron chi connectivity index (χ3n) is 2.70. The summed E-state index contributed by atoms with van der Waals surface area (Å²) < 4.78 is 0.